The molecule has 30 heavy (non-hydrogen) atoms. The highest BCUT2D eigenvalue weighted by Gasteiger charge is 2.53. The summed E-state index contributed by atoms with van der Waals surface area (Å²) in [7, 11) is 0. The largest absolute Gasteiger partial charge is 0.330 e. The second-order valence-corrected chi connectivity index (χ2v) is 8.93. The van der Waals surface area contributed by atoms with Gasteiger partial charge >= 0.3 is 0 Å². The first-order valence-electron chi connectivity index (χ1n) is 10.8. The van der Waals surface area contributed by atoms with Crippen molar-refractivity contribution < 1.29 is 14.0 Å². The van der Waals surface area contributed by atoms with Crippen LogP contribution in [-0.2, 0) is 16.0 Å². The Morgan fingerprint density at radius 2 is 2.17 bits per heavy atom. The van der Waals surface area contributed by atoms with E-state index in [-0.39, 0.29) is 41.8 Å². The number of rotatable bonds is 4. The van der Waals surface area contributed by atoms with E-state index in [0.717, 1.165) is 36.8 Å². The van der Waals surface area contributed by atoms with Gasteiger partial charge in [0.25, 0.3) is 0 Å². The normalized spacial score (nSPS) is 31.3. The molecule has 0 unspecified atom stereocenters. The fraction of sp³-hybridized carbons (Fsp3) is 0.591. The summed E-state index contributed by atoms with van der Waals surface area (Å²) in [5.74, 6) is -0.341. The van der Waals surface area contributed by atoms with Gasteiger partial charge in [0.15, 0.2) is 0 Å². The summed E-state index contributed by atoms with van der Waals surface area (Å²) < 4.78 is 13.5. The summed E-state index contributed by atoms with van der Waals surface area (Å²) in [6.07, 6.45) is 3.89. The van der Waals surface area contributed by atoms with Crippen molar-refractivity contribution in [3.05, 3.63) is 35.1 Å². The zero-order chi connectivity index (χ0) is 21.0. The topological polar surface area (TPSA) is 93.7 Å². The van der Waals surface area contributed by atoms with Gasteiger partial charge in [0, 0.05) is 25.7 Å². The van der Waals surface area contributed by atoms with Crippen molar-refractivity contribution in [3.63, 3.8) is 0 Å². The van der Waals surface area contributed by atoms with E-state index in [9.17, 15) is 19.2 Å². The lowest BCUT2D eigenvalue weighted by atomic mass is 10.1. The molecule has 0 radical (unpaired) electrons. The highest BCUT2D eigenvalue weighted by atomic mass is 19.1. The smallest absolute Gasteiger partial charge is 0.241 e. The quantitative estimate of drug-likeness (QED) is 0.796. The minimum absolute atomic E-state index is 0.0153. The van der Waals surface area contributed by atoms with Gasteiger partial charge < -0.3 is 15.5 Å². The summed E-state index contributed by atoms with van der Waals surface area (Å²) in [5, 5.41) is 9.22. The monoisotopic (exact) mass is 411 g/mol. The number of carbonyl (C=O) groups is 2. The summed E-state index contributed by atoms with van der Waals surface area (Å²) >= 11 is 0. The van der Waals surface area contributed by atoms with E-state index in [1.54, 1.807) is 11.0 Å². The summed E-state index contributed by atoms with van der Waals surface area (Å²) in [5.41, 5.74) is 8.26. The van der Waals surface area contributed by atoms with Crippen molar-refractivity contribution in [2.45, 2.75) is 62.3 Å². The molecular formula is C22H26FN5O2. The zero-order valence-electron chi connectivity index (χ0n) is 16.8. The standard InChI is InChI=1S/C22H26FN5O2/c23-14-4-5-17-13(8-14)3-6-19(17)28-16-9-20(22(28)30)26(11-16)12-18(25)21(29)27-7-1-2-15(27)10-24/h4-5,8,15-16,18-20H,1-3,6-7,9,11-12,25H2/t15-,16-,18-,19-,20-/m0/s1. The molecule has 2 amide bonds. The van der Waals surface area contributed by atoms with E-state index in [0.29, 0.717) is 26.1 Å². The molecule has 1 aromatic rings. The minimum atomic E-state index is -0.727. The van der Waals surface area contributed by atoms with E-state index < -0.39 is 6.04 Å². The molecule has 1 aromatic carbocycles. The number of hydrogen-bond acceptors (Lipinski definition) is 5. The van der Waals surface area contributed by atoms with Crippen molar-refractivity contribution in [1.82, 2.24) is 14.7 Å². The molecule has 4 aliphatic rings. The molecule has 3 aliphatic heterocycles. The van der Waals surface area contributed by atoms with Gasteiger partial charge in [0.05, 0.1) is 24.2 Å². The fourth-order valence-corrected chi connectivity index (χ4v) is 5.86. The Balaban J connectivity index is 1.25. The number of aryl methyl sites for hydroxylation is 1. The average Bonchev–Trinajstić information content (AvgIpc) is 3.49. The van der Waals surface area contributed by atoms with Crippen LogP contribution < -0.4 is 5.73 Å². The number of amides is 2. The van der Waals surface area contributed by atoms with Gasteiger partial charge in [-0.05, 0) is 55.4 Å². The van der Waals surface area contributed by atoms with Crippen molar-refractivity contribution in [2.75, 3.05) is 19.6 Å². The summed E-state index contributed by atoms with van der Waals surface area (Å²) in [6, 6.07) is 5.80. The van der Waals surface area contributed by atoms with Crippen LogP contribution in [0.15, 0.2) is 18.2 Å². The first-order valence-corrected chi connectivity index (χ1v) is 10.8. The molecule has 158 valence electrons. The van der Waals surface area contributed by atoms with E-state index in [1.807, 2.05) is 15.9 Å². The molecule has 0 saturated carbocycles. The maximum atomic E-state index is 13.5. The molecule has 5 rings (SSSR count). The highest BCUT2D eigenvalue weighted by Crippen LogP contribution is 2.43. The number of benzene rings is 1. The van der Waals surface area contributed by atoms with Crippen molar-refractivity contribution in [1.29, 1.82) is 5.26 Å². The Morgan fingerprint density at radius 1 is 1.33 bits per heavy atom. The third kappa shape index (κ3) is 2.99. The lowest BCUT2D eigenvalue weighted by molar-refractivity contribution is -0.141. The van der Waals surface area contributed by atoms with Crippen LogP contribution in [0.4, 0.5) is 4.39 Å². The number of nitrogens with zero attached hydrogens (tertiary/aromatic N) is 4. The molecule has 0 spiro atoms. The number of carbonyl (C=O) groups excluding carboxylic acids is 2. The Hall–Kier alpha value is -2.50. The fourth-order valence-electron chi connectivity index (χ4n) is 5.86. The molecular weight excluding hydrogens is 385 g/mol. The average molecular weight is 411 g/mol. The van der Waals surface area contributed by atoms with Crippen LogP contribution in [0.3, 0.4) is 0 Å². The second kappa shape index (κ2) is 7.33. The first-order chi connectivity index (χ1) is 14.5. The molecule has 0 aromatic heterocycles. The van der Waals surface area contributed by atoms with Gasteiger partial charge in [-0.25, -0.2) is 4.39 Å². The Bertz CT molecular complexity index is 931. The second-order valence-electron chi connectivity index (χ2n) is 8.93. The Kier molecular flexibility index (Phi) is 4.75. The third-order valence-electron chi connectivity index (χ3n) is 7.23. The Morgan fingerprint density at radius 3 is 2.93 bits per heavy atom. The van der Waals surface area contributed by atoms with Crippen LogP contribution in [0.1, 0.15) is 42.9 Å². The maximum absolute atomic E-state index is 13.5. The van der Waals surface area contributed by atoms with E-state index >= 15 is 0 Å². The predicted octanol–water partition coefficient (Wildman–Crippen LogP) is 0.940. The van der Waals surface area contributed by atoms with Crippen LogP contribution in [0.2, 0.25) is 0 Å². The maximum Gasteiger partial charge on any atom is 0.241 e. The van der Waals surface area contributed by atoms with Crippen LogP contribution in [0.5, 0.6) is 0 Å². The van der Waals surface area contributed by atoms with Crippen LogP contribution >= 0.6 is 0 Å². The Labute approximate surface area is 175 Å². The lowest BCUT2D eigenvalue weighted by Crippen LogP contribution is -2.56. The van der Waals surface area contributed by atoms with Crippen molar-refractivity contribution in [3.8, 4) is 6.07 Å². The van der Waals surface area contributed by atoms with Crippen molar-refractivity contribution >= 4 is 11.8 Å². The zero-order valence-corrected chi connectivity index (χ0v) is 16.8. The molecule has 3 heterocycles. The number of nitrogens with two attached hydrogens (primary N) is 1. The number of piperazine rings is 1. The minimum Gasteiger partial charge on any atom is -0.330 e. The van der Waals surface area contributed by atoms with E-state index in [4.69, 9.17) is 5.73 Å². The number of halogens is 1. The molecule has 3 fully saturated rings. The van der Waals surface area contributed by atoms with Gasteiger partial charge in [-0.2, -0.15) is 5.26 Å². The van der Waals surface area contributed by atoms with Crippen LogP contribution in [-0.4, -0.2) is 70.3 Å². The molecule has 7 nitrogen and oxygen atoms in total. The molecule has 2 N–H and O–H groups in total. The molecule has 8 heteroatoms. The number of hydrogen-bond donors (Lipinski definition) is 1. The van der Waals surface area contributed by atoms with Crippen LogP contribution in [0.25, 0.3) is 0 Å². The van der Waals surface area contributed by atoms with Crippen molar-refractivity contribution in [2.24, 2.45) is 5.73 Å². The van der Waals surface area contributed by atoms with Gasteiger partial charge in [0.2, 0.25) is 11.8 Å². The number of fused-ring (bicyclic) bond motifs is 3. The predicted molar refractivity (Wildman–Crippen MR) is 106 cm³/mol. The van der Waals surface area contributed by atoms with Gasteiger partial charge in [-0.3, -0.25) is 14.5 Å². The third-order valence-corrected chi connectivity index (χ3v) is 7.23. The van der Waals surface area contributed by atoms with E-state index in [1.165, 1.54) is 6.07 Å². The van der Waals surface area contributed by atoms with Gasteiger partial charge in [-0.1, -0.05) is 6.07 Å². The lowest BCUT2D eigenvalue weighted by Gasteiger charge is -2.38. The van der Waals surface area contributed by atoms with Gasteiger partial charge in [-0.15, -0.1) is 0 Å². The van der Waals surface area contributed by atoms with Crippen LogP contribution in [0, 0.1) is 17.1 Å². The SMILES string of the molecule is N#C[C@@H]1CCCN1C(=O)[C@@H](N)CN1C[C@@H]2C[C@H]1C(=O)N2[C@H]1CCc2cc(F)ccc21. The molecule has 1 aliphatic carbocycles. The number of likely N-dealkylation sites (tertiary alicyclic amines) is 3. The van der Waals surface area contributed by atoms with Gasteiger partial charge in [0.1, 0.15) is 11.9 Å². The molecule has 3 saturated heterocycles. The first kappa shape index (κ1) is 19.5. The molecule has 2 bridgehead atoms. The molecule has 5 atom stereocenters. The summed E-state index contributed by atoms with van der Waals surface area (Å²) in [6.45, 7) is 1.61. The van der Waals surface area contributed by atoms with E-state index in [2.05, 4.69) is 6.07 Å². The summed E-state index contributed by atoms with van der Waals surface area (Å²) in [4.78, 5) is 31.5. The highest BCUT2D eigenvalue weighted by molar-refractivity contribution is 5.87. The number of nitriles is 1.